The van der Waals surface area contributed by atoms with E-state index in [-0.39, 0.29) is 42.0 Å². The van der Waals surface area contributed by atoms with Crippen molar-refractivity contribution in [3.05, 3.63) is 0 Å². The summed E-state index contributed by atoms with van der Waals surface area (Å²) in [5.74, 6) is -2.78. The first-order chi connectivity index (χ1) is 10.4. The zero-order chi connectivity index (χ0) is 15.5. The van der Waals surface area contributed by atoms with Gasteiger partial charge in [-0.2, -0.15) is 0 Å². The minimum atomic E-state index is -2.63. The lowest BCUT2D eigenvalue weighted by atomic mass is 9.65. The zero-order valence-electron chi connectivity index (χ0n) is 12.6. The van der Waals surface area contributed by atoms with Gasteiger partial charge in [0, 0.05) is 43.8 Å². The second-order valence-corrected chi connectivity index (χ2v) is 7.86. The van der Waals surface area contributed by atoms with Crippen LogP contribution in [0.2, 0.25) is 0 Å². The van der Waals surface area contributed by atoms with Gasteiger partial charge in [0.15, 0.2) is 0 Å². The maximum absolute atomic E-state index is 12.9. The molecule has 122 valence electrons. The van der Waals surface area contributed by atoms with Crippen molar-refractivity contribution in [3.8, 4) is 0 Å². The zero-order valence-corrected chi connectivity index (χ0v) is 12.6. The fourth-order valence-corrected chi connectivity index (χ4v) is 4.30. The maximum atomic E-state index is 12.9. The van der Waals surface area contributed by atoms with E-state index < -0.39 is 11.8 Å². The molecule has 0 atom stereocenters. The number of likely N-dealkylation sites (tertiary alicyclic amines) is 1. The SMILES string of the molecule is O=C(NC1CC2(CCN(C(=O)C3CC(F)(F)C3)C2)C1)C1CC1. The first kappa shape index (κ1) is 14.4. The Balaban J connectivity index is 1.25. The second-order valence-electron chi connectivity index (χ2n) is 7.86. The Hall–Kier alpha value is -1.20. The van der Waals surface area contributed by atoms with Crippen LogP contribution in [-0.4, -0.2) is 41.8 Å². The molecule has 1 aliphatic heterocycles. The van der Waals surface area contributed by atoms with Gasteiger partial charge < -0.3 is 10.2 Å². The molecule has 4 nitrogen and oxygen atoms in total. The van der Waals surface area contributed by atoms with Gasteiger partial charge in [-0.1, -0.05) is 0 Å². The molecule has 1 spiro atoms. The quantitative estimate of drug-likeness (QED) is 0.866. The maximum Gasteiger partial charge on any atom is 0.249 e. The molecule has 0 bridgehead atoms. The third kappa shape index (κ3) is 2.50. The van der Waals surface area contributed by atoms with Crippen LogP contribution >= 0.6 is 0 Å². The van der Waals surface area contributed by atoms with Crippen LogP contribution in [0.5, 0.6) is 0 Å². The van der Waals surface area contributed by atoms with Crippen molar-refractivity contribution in [2.75, 3.05) is 13.1 Å². The summed E-state index contributed by atoms with van der Waals surface area (Å²) in [5.41, 5.74) is 0.128. The molecule has 6 heteroatoms. The normalized spacial score (nSPS) is 32.5. The average Bonchev–Trinajstić information content (AvgIpc) is 3.14. The Labute approximate surface area is 128 Å². The third-order valence-corrected chi connectivity index (χ3v) is 5.84. The molecule has 0 unspecified atom stereocenters. The Morgan fingerprint density at radius 1 is 1.05 bits per heavy atom. The molecule has 3 saturated carbocycles. The van der Waals surface area contributed by atoms with Crippen LogP contribution in [0.1, 0.15) is 44.9 Å². The minimum absolute atomic E-state index is 0.0896. The van der Waals surface area contributed by atoms with Crippen molar-refractivity contribution in [2.45, 2.75) is 56.9 Å². The fraction of sp³-hybridized carbons (Fsp3) is 0.875. The molecule has 4 rings (SSSR count). The Bertz CT molecular complexity index is 504. The van der Waals surface area contributed by atoms with Crippen molar-refractivity contribution in [2.24, 2.45) is 17.3 Å². The summed E-state index contributed by atoms with van der Waals surface area (Å²) >= 11 is 0. The van der Waals surface area contributed by atoms with Gasteiger partial charge in [0.05, 0.1) is 0 Å². The molecule has 4 aliphatic rings. The monoisotopic (exact) mass is 312 g/mol. The van der Waals surface area contributed by atoms with Crippen molar-refractivity contribution in [1.82, 2.24) is 10.2 Å². The first-order valence-electron chi connectivity index (χ1n) is 8.33. The molecule has 1 N–H and O–H groups in total. The summed E-state index contributed by atoms with van der Waals surface area (Å²) < 4.78 is 25.8. The lowest BCUT2D eigenvalue weighted by Gasteiger charge is -2.45. The van der Waals surface area contributed by atoms with Crippen molar-refractivity contribution < 1.29 is 18.4 Å². The highest BCUT2D eigenvalue weighted by Gasteiger charge is 2.54. The summed E-state index contributed by atoms with van der Waals surface area (Å²) in [6, 6.07) is 0.246. The van der Waals surface area contributed by atoms with E-state index in [4.69, 9.17) is 0 Å². The lowest BCUT2D eigenvalue weighted by molar-refractivity contribution is -0.159. The number of amides is 2. The van der Waals surface area contributed by atoms with Gasteiger partial charge in [0.25, 0.3) is 0 Å². The molecule has 1 saturated heterocycles. The number of nitrogens with one attached hydrogen (secondary N) is 1. The van der Waals surface area contributed by atoms with E-state index in [9.17, 15) is 18.4 Å². The number of carbonyl (C=O) groups is 2. The molecule has 0 radical (unpaired) electrons. The standard InChI is InChI=1S/C16H22F2N2O2/c17-16(18)5-11(6-16)14(22)20-4-3-15(9-20)7-12(8-15)19-13(21)10-1-2-10/h10-12H,1-9H2,(H,19,21). The predicted molar refractivity (Wildman–Crippen MR) is 75.2 cm³/mol. The van der Waals surface area contributed by atoms with Crippen molar-refractivity contribution >= 4 is 11.8 Å². The number of nitrogens with zero attached hydrogens (tertiary/aromatic N) is 1. The van der Waals surface area contributed by atoms with Crippen LogP contribution in [0.3, 0.4) is 0 Å². The second kappa shape index (κ2) is 4.65. The van der Waals surface area contributed by atoms with E-state index in [0.29, 0.717) is 13.1 Å². The molecular formula is C16H22F2N2O2. The number of hydrogen-bond acceptors (Lipinski definition) is 2. The van der Waals surface area contributed by atoms with E-state index in [1.165, 1.54) is 0 Å². The van der Waals surface area contributed by atoms with Crippen LogP contribution in [-0.2, 0) is 9.59 Å². The van der Waals surface area contributed by atoms with Gasteiger partial charge in [0.1, 0.15) is 0 Å². The Morgan fingerprint density at radius 2 is 1.73 bits per heavy atom. The van der Waals surface area contributed by atoms with Crippen molar-refractivity contribution in [3.63, 3.8) is 0 Å². The number of hydrogen-bond donors (Lipinski definition) is 1. The summed E-state index contributed by atoms with van der Waals surface area (Å²) in [7, 11) is 0. The Kier molecular flexibility index (Phi) is 3.04. The van der Waals surface area contributed by atoms with Crippen molar-refractivity contribution in [1.29, 1.82) is 0 Å². The highest BCUT2D eigenvalue weighted by Crippen LogP contribution is 2.50. The minimum Gasteiger partial charge on any atom is -0.353 e. The first-order valence-corrected chi connectivity index (χ1v) is 8.33. The van der Waals surface area contributed by atoms with E-state index >= 15 is 0 Å². The molecule has 0 aromatic heterocycles. The summed E-state index contributed by atoms with van der Waals surface area (Å²) in [5, 5.41) is 3.09. The number of carbonyl (C=O) groups excluding carboxylic acids is 2. The molecule has 2 amide bonds. The lowest BCUT2D eigenvalue weighted by Crippen LogP contribution is -2.53. The number of halogens is 2. The predicted octanol–water partition coefficient (Wildman–Crippen LogP) is 1.94. The Morgan fingerprint density at radius 3 is 2.32 bits per heavy atom. The van der Waals surface area contributed by atoms with Crippen LogP contribution in [0.4, 0.5) is 8.78 Å². The van der Waals surface area contributed by atoms with Crippen LogP contribution in [0.25, 0.3) is 0 Å². The molecular weight excluding hydrogens is 290 g/mol. The summed E-state index contributed by atoms with van der Waals surface area (Å²) in [6.45, 7) is 1.37. The van der Waals surface area contributed by atoms with Crippen LogP contribution < -0.4 is 5.32 Å². The van der Waals surface area contributed by atoms with Crippen LogP contribution in [0.15, 0.2) is 0 Å². The van der Waals surface area contributed by atoms with E-state index in [2.05, 4.69) is 5.32 Å². The highest BCUT2D eigenvalue weighted by atomic mass is 19.3. The third-order valence-electron chi connectivity index (χ3n) is 5.84. The molecule has 22 heavy (non-hydrogen) atoms. The van der Waals surface area contributed by atoms with Gasteiger partial charge >= 0.3 is 0 Å². The number of alkyl halides is 2. The molecule has 1 heterocycles. The van der Waals surface area contributed by atoms with E-state index in [1.54, 1.807) is 4.90 Å². The van der Waals surface area contributed by atoms with Gasteiger partial charge in [-0.15, -0.1) is 0 Å². The fourth-order valence-electron chi connectivity index (χ4n) is 4.30. The van der Waals surface area contributed by atoms with Gasteiger partial charge in [-0.05, 0) is 37.5 Å². The molecule has 4 fully saturated rings. The topological polar surface area (TPSA) is 49.4 Å². The molecule has 0 aromatic carbocycles. The highest BCUT2D eigenvalue weighted by molar-refractivity contribution is 5.81. The van der Waals surface area contributed by atoms with Gasteiger partial charge in [-0.3, -0.25) is 9.59 Å². The largest absolute Gasteiger partial charge is 0.353 e. The van der Waals surface area contributed by atoms with Crippen LogP contribution in [0, 0.1) is 17.3 Å². The summed E-state index contributed by atoms with van der Waals surface area (Å²) in [4.78, 5) is 25.7. The molecule has 3 aliphatic carbocycles. The summed E-state index contributed by atoms with van der Waals surface area (Å²) in [6.07, 6.45) is 4.25. The van der Waals surface area contributed by atoms with Gasteiger partial charge in [-0.25, -0.2) is 8.78 Å². The average molecular weight is 312 g/mol. The van der Waals surface area contributed by atoms with Gasteiger partial charge in [0.2, 0.25) is 17.7 Å². The number of rotatable bonds is 3. The molecule has 0 aromatic rings. The van der Waals surface area contributed by atoms with E-state index in [0.717, 1.165) is 32.1 Å². The smallest absolute Gasteiger partial charge is 0.249 e. The van der Waals surface area contributed by atoms with E-state index in [1.807, 2.05) is 0 Å².